The second-order valence-corrected chi connectivity index (χ2v) is 10.1. The number of benzene rings is 1. The van der Waals surface area contributed by atoms with Crippen molar-refractivity contribution in [2.75, 3.05) is 11.4 Å². The molecule has 2 aromatic rings. The number of aromatic nitrogens is 2. The maximum absolute atomic E-state index is 12.8. The van der Waals surface area contributed by atoms with Crippen molar-refractivity contribution in [2.24, 2.45) is 10.8 Å². The van der Waals surface area contributed by atoms with Crippen molar-refractivity contribution >= 4 is 28.9 Å². The largest absolute Gasteiger partial charge is 0.365 e. The number of anilines is 1. The van der Waals surface area contributed by atoms with E-state index in [0.717, 1.165) is 30.6 Å². The summed E-state index contributed by atoms with van der Waals surface area (Å²) in [5.74, 6) is 0. The van der Waals surface area contributed by atoms with E-state index >= 15 is 0 Å². The van der Waals surface area contributed by atoms with E-state index in [0.29, 0.717) is 23.0 Å². The number of halogens is 2. The molecule has 0 radical (unpaired) electrons. The predicted molar refractivity (Wildman–Crippen MR) is 111 cm³/mol. The van der Waals surface area contributed by atoms with Crippen LogP contribution in [-0.4, -0.2) is 22.4 Å². The highest BCUT2D eigenvalue weighted by Crippen LogP contribution is 2.53. The minimum absolute atomic E-state index is 0.241. The van der Waals surface area contributed by atoms with Crippen LogP contribution in [0.5, 0.6) is 0 Å². The third-order valence-corrected chi connectivity index (χ3v) is 6.54. The minimum atomic E-state index is -0.241. The smallest absolute Gasteiger partial charge is 0.287 e. The molecule has 0 amide bonds. The van der Waals surface area contributed by atoms with E-state index in [2.05, 4.69) is 30.8 Å². The van der Waals surface area contributed by atoms with Crippen molar-refractivity contribution < 1.29 is 0 Å². The Balaban J connectivity index is 1.63. The van der Waals surface area contributed by atoms with Crippen LogP contribution in [0, 0.1) is 10.8 Å². The standard InChI is InChI=1S/C21H25Cl2N3O/c1-20(2)8-16-9-21(3,12-20)13-25(16)17-10-24-26(19(27)18(17)23)11-14-4-6-15(22)7-5-14/h4-7,10,16H,8-9,11-13H2,1-3H3/t16-,21+/m0/s1. The molecule has 27 heavy (non-hydrogen) atoms. The molecule has 1 saturated heterocycles. The van der Waals surface area contributed by atoms with Crippen molar-refractivity contribution in [3.8, 4) is 0 Å². The normalized spacial score (nSPS) is 26.4. The molecule has 0 spiro atoms. The Labute approximate surface area is 170 Å². The van der Waals surface area contributed by atoms with E-state index < -0.39 is 0 Å². The van der Waals surface area contributed by atoms with Crippen LogP contribution in [0.25, 0.3) is 0 Å². The molecule has 0 N–H and O–H groups in total. The molecule has 6 heteroatoms. The lowest BCUT2D eigenvalue weighted by Gasteiger charge is -2.39. The van der Waals surface area contributed by atoms with E-state index in [9.17, 15) is 4.79 Å². The average molecular weight is 406 g/mol. The van der Waals surface area contributed by atoms with Crippen LogP contribution in [0.15, 0.2) is 35.3 Å². The first-order valence-corrected chi connectivity index (χ1v) is 10.2. The molecule has 144 valence electrons. The summed E-state index contributed by atoms with van der Waals surface area (Å²) in [6, 6.07) is 7.83. The number of rotatable bonds is 3. The van der Waals surface area contributed by atoms with Crippen molar-refractivity contribution in [3.63, 3.8) is 0 Å². The Hall–Kier alpha value is -1.52. The second kappa shape index (κ2) is 6.52. The SMILES string of the molecule is CC1(C)C[C@H]2C[C@@](C)(CN2c2cnn(Cc3ccc(Cl)cc3)c(=O)c2Cl)C1. The lowest BCUT2D eigenvalue weighted by Crippen LogP contribution is -2.36. The molecule has 1 saturated carbocycles. The lowest BCUT2D eigenvalue weighted by molar-refractivity contribution is 0.136. The van der Waals surface area contributed by atoms with Crippen LogP contribution in [0.1, 0.15) is 45.6 Å². The zero-order chi connectivity index (χ0) is 19.4. The fourth-order valence-corrected chi connectivity index (χ4v) is 5.65. The topological polar surface area (TPSA) is 38.1 Å². The molecule has 2 atom stereocenters. The second-order valence-electron chi connectivity index (χ2n) is 9.27. The molecule has 2 bridgehead atoms. The molecule has 4 rings (SSSR count). The number of hydrogen-bond donors (Lipinski definition) is 0. The number of hydrogen-bond acceptors (Lipinski definition) is 3. The maximum atomic E-state index is 12.8. The van der Waals surface area contributed by atoms with Gasteiger partial charge in [0.2, 0.25) is 0 Å². The Morgan fingerprint density at radius 2 is 1.85 bits per heavy atom. The molecule has 0 unspecified atom stereocenters. The first-order chi connectivity index (χ1) is 12.7. The molecule has 2 heterocycles. The fraction of sp³-hybridized carbons (Fsp3) is 0.524. The van der Waals surface area contributed by atoms with E-state index in [1.54, 1.807) is 6.20 Å². The summed E-state index contributed by atoms with van der Waals surface area (Å²) in [4.78, 5) is 15.2. The van der Waals surface area contributed by atoms with Gasteiger partial charge < -0.3 is 4.90 Å². The van der Waals surface area contributed by atoms with Crippen LogP contribution in [0.2, 0.25) is 10.0 Å². The van der Waals surface area contributed by atoms with Crippen LogP contribution in [-0.2, 0) is 6.54 Å². The van der Waals surface area contributed by atoms with Gasteiger partial charge in [-0.25, -0.2) is 4.68 Å². The maximum Gasteiger partial charge on any atom is 0.287 e. The van der Waals surface area contributed by atoms with Gasteiger partial charge in [0.05, 0.1) is 18.4 Å². The molecule has 2 fully saturated rings. The summed E-state index contributed by atoms with van der Waals surface area (Å²) in [5.41, 5.74) is 2.09. The molecule has 1 aliphatic carbocycles. The molecule has 2 aliphatic rings. The summed E-state index contributed by atoms with van der Waals surface area (Å²) < 4.78 is 1.42. The van der Waals surface area contributed by atoms with Gasteiger partial charge in [0.25, 0.3) is 5.56 Å². The summed E-state index contributed by atoms with van der Waals surface area (Å²) in [6.07, 6.45) is 5.23. The Kier molecular flexibility index (Phi) is 4.55. The van der Waals surface area contributed by atoms with Gasteiger partial charge in [-0.2, -0.15) is 5.10 Å². The fourth-order valence-electron chi connectivity index (χ4n) is 5.27. The van der Waals surface area contributed by atoms with Gasteiger partial charge in [-0.05, 0) is 47.8 Å². The Morgan fingerprint density at radius 3 is 2.56 bits per heavy atom. The molecular weight excluding hydrogens is 381 g/mol. The van der Waals surface area contributed by atoms with E-state index in [1.165, 1.54) is 11.1 Å². The first-order valence-electron chi connectivity index (χ1n) is 9.43. The summed E-state index contributed by atoms with van der Waals surface area (Å²) in [7, 11) is 0. The van der Waals surface area contributed by atoms with Crippen LogP contribution >= 0.6 is 23.2 Å². The number of nitrogens with zero attached hydrogens (tertiary/aromatic N) is 3. The monoisotopic (exact) mass is 405 g/mol. The lowest BCUT2D eigenvalue weighted by atomic mass is 9.65. The van der Waals surface area contributed by atoms with Crippen LogP contribution in [0.3, 0.4) is 0 Å². The highest BCUT2D eigenvalue weighted by atomic mass is 35.5. The van der Waals surface area contributed by atoms with Gasteiger partial charge in [-0.15, -0.1) is 0 Å². The van der Waals surface area contributed by atoms with Crippen molar-refractivity contribution in [1.82, 2.24) is 9.78 Å². The summed E-state index contributed by atoms with van der Waals surface area (Å²) in [5, 5.41) is 5.36. The third-order valence-electron chi connectivity index (χ3n) is 5.94. The minimum Gasteiger partial charge on any atom is -0.365 e. The predicted octanol–water partition coefficient (Wildman–Crippen LogP) is 5.00. The molecule has 1 aromatic heterocycles. The van der Waals surface area contributed by atoms with E-state index in [-0.39, 0.29) is 16.0 Å². The first kappa shape index (κ1) is 18.8. The van der Waals surface area contributed by atoms with Crippen molar-refractivity contribution in [1.29, 1.82) is 0 Å². The quantitative estimate of drug-likeness (QED) is 0.720. The van der Waals surface area contributed by atoms with Gasteiger partial charge in [0, 0.05) is 17.6 Å². The van der Waals surface area contributed by atoms with Crippen molar-refractivity contribution in [3.05, 3.63) is 56.4 Å². The molecule has 4 nitrogen and oxygen atoms in total. The van der Waals surface area contributed by atoms with Crippen LogP contribution < -0.4 is 10.5 Å². The molecular formula is C21H25Cl2N3O. The highest BCUT2D eigenvalue weighted by Gasteiger charge is 2.50. The summed E-state index contributed by atoms with van der Waals surface area (Å²) >= 11 is 12.5. The summed E-state index contributed by atoms with van der Waals surface area (Å²) in [6.45, 7) is 8.34. The van der Waals surface area contributed by atoms with Crippen molar-refractivity contribution in [2.45, 2.75) is 52.6 Å². The van der Waals surface area contributed by atoms with Gasteiger partial charge in [-0.3, -0.25) is 4.79 Å². The zero-order valence-electron chi connectivity index (χ0n) is 16.0. The highest BCUT2D eigenvalue weighted by molar-refractivity contribution is 6.33. The van der Waals surface area contributed by atoms with Crippen LogP contribution in [0.4, 0.5) is 5.69 Å². The Bertz CT molecular complexity index is 922. The molecule has 1 aromatic carbocycles. The number of fused-ring (bicyclic) bond motifs is 2. The van der Waals surface area contributed by atoms with Gasteiger partial charge in [0.1, 0.15) is 5.02 Å². The molecule has 1 aliphatic heterocycles. The zero-order valence-corrected chi connectivity index (χ0v) is 17.5. The van der Waals surface area contributed by atoms with E-state index in [1.807, 2.05) is 24.3 Å². The third kappa shape index (κ3) is 3.62. The van der Waals surface area contributed by atoms with Gasteiger partial charge in [0.15, 0.2) is 0 Å². The van der Waals surface area contributed by atoms with Gasteiger partial charge >= 0.3 is 0 Å². The Morgan fingerprint density at radius 1 is 1.15 bits per heavy atom. The van der Waals surface area contributed by atoms with E-state index in [4.69, 9.17) is 23.2 Å². The van der Waals surface area contributed by atoms with Gasteiger partial charge in [-0.1, -0.05) is 56.1 Å². The average Bonchev–Trinajstić information content (AvgIpc) is 2.83.